The minimum atomic E-state index is -3.50. The Hall–Kier alpha value is -3.82. The highest BCUT2D eigenvalue weighted by atomic mass is 32.2. The molecule has 1 amide bonds. The lowest BCUT2D eigenvalue weighted by atomic mass is 10.1. The van der Waals surface area contributed by atoms with Gasteiger partial charge in [-0.2, -0.15) is 14.1 Å². The fourth-order valence-corrected chi connectivity index (χ4v) is 5.80. The van der Waals surface area contributed by atoms with Gasteiger partial charge in [0.1, 0.15) is 0 Å². The monoisotopic (exact) mass is 488 g/mol. The number of hydrogen-bond acceptors (Lipinski definition) is 5. The maximum Gasteiger partial charge on any atom is 0.279 e. The second kappa shape index (κ2) is 9.44. The Bertz CT molecular complexity index is 1530. The van der Waals surface area contributed by atoms with Gasteiger partial charge in [0.15, 0.2) is 5.69 Å². The molecule has 0 unspecified atom stereocenters. The van der Waals surface area contributed by atoms with Gasteiger partial charge in [-0.1, -0.05) is 66.7 Å². The second-order valence-electron chi connectivity index (χ2n) is 8.38. The molecular weight excluding hydrogens is 464 g/mol. The van der Waals surface area contributed by atoms with E-state index in [0.29, 0.717) is 16.5 Å². The van der Waals surface area contributed by atoms with Gasteiger partial charge in [-0.15, -0.1) is 0 Å². The molecule has 0 bridgehead atoms. The number of fused-ring (bicyclic) bond motifs is 1. The first-order chi connectivity index (χ1) is 16.9. The summed E-state index contributed by atoms with van der Waals surface area (Å²) >= 11 is 0. The molecule has 0 aliphatic carbocycles. The number of para-hydroxylation sites is 1. The fraction of sp³-hybridized carbons (Fsp3) is 0.192. The van der Waals surface area contributed by atoms with Crippen LogP contribution in [0.1, 0.15) is 16.1 Å². The van der Waals surface area contributed by atoms with Gasteiger partial charge in [0.25, 0.3) is 11.5 Å². The molecule has 4 aromatic rings. The van der Waals surface area contributed by atoms with E-state index in [0.717, 1.165) is 5.56 Å². The van der Waals surface area contributed by atoms with Crippen molar-refractivity contribution in [3.05, 3.63) is 107 Å². The zero-order valence-corrected chi connectivity index (χ0v) is 19.8. The lowest BCUT2D eigenvalue weighted by molar-refractivity contribution is 0.0692. The molecule has 1 aliphatic heterocycles. The van der Waals surface area contributed by atoms with Crippen LogP contribution < -0.4 is 5.56 Å². The van der Waals surface area contributed by atoms with Crippen molar-refractivity contribution in [3.63, 3.8) is 0 Å². The van der Waals surface area contributed by atoms with Crippen LogP contribution in [0.25, 0.3) is 16.5 Å². The Morgan fingerprint density at radius 1 is 0.771 bits per heavy atom. The lowest BCUT2D eigenvalue weighted by Gasteiger charge is -2.34. The van der Waals surface area contributed by atoms with Gasteiger partial charge < -0.3 is 4.90 Å². The molecule has 9 heteroatoms. The SMILES string of the molecule is O=C(c1nn(-c2ccccc2)c(=O)c2ccccc12)N1CCN(S(=O)(=O)Cc2ccccc2)CC1. The van der Waals surface area contributed by atoms with E-state index in [9.17, 15) is 18.0 Å². The van der Waals surface area contributed by atoms with Crippen LogP contribution in [0.5, 0.6) is 0 Å². The van der Waals surface area contributed by atoms with Gasteiger partial charge in [0.2, 0.25) is 10.0 Å². The number of amides is 1. The summed E-state index contributed by atoms with van der Waals surface area (Å²) in [6.07, 6.45) is 0. The second-order valence-corrected chi connectivity index (χ2v) is 10.3. The van der Waals surface area contributed by atoms with Crippen molar-refractivity contribution in [2.75, 3.05) is 26.2 Å². The van der Waals surface area contributed by atoms with Gasteiger partial charge in [-0.3, -0.25) is 9.59 Å². The maximum atomic E-state index is 13.5. The highest BCUT2D eigenvalue weighted by molar-refractivity contribution is 7.88. The molecule has 0 atom stereocenters. The molecule has 0 saturated carbocycles. The van der Waals surface area contributed by atoms with Crippen molar-refractivity contribution in [2.45, 2.75) is 5.75 Å². The van der Waals surface area contributed by atoms with Gasteiger partial charge in [-0.25, -0.2) is 8.42 Å². The lowest BCUT2D eigenvalue weighted by Crippen LogP contribution is -2.51. The molecule has 5 rings (SSSR count). The number of piperazine rings is 1. The average molecular weight is 489 g/mol. The van der Waals surface area contributed by atoms with Crippen molar-refractivity contribution in [1.29, 1.82) is 0 Å². The number of aromatic nitrogens is 2. The molecule has 2 heterocycles. The van der Waals surface area contributed by atoms with Crippen LogP contribution in [-0.2, 0) is 15.8 Å². The molecule has 35 heavy (non-hydrogen) atoms. The van der Waals surface area contributed by atoms with E-state index in [1.165, 1.54) is 8.99 Å². The summed E-state index contributed by atoms with van der Waals surface area (Å²) in [5, 5.41) is 5.33. The molecule has 3 aromatic carbocycles. The summed E-state index contributed by atoms with van der Waals surface area (Å²) in [6.45, 7) is 0.898. The van der Waals surface area contributed by atoms with Crippen molar-refractivity contribution in [2.24, 2.45) is 0 Å². The van der Waals surface area contributed by atoms with Crippen LogP contribution >= 0.6 is 0 Å². The molecular formula is C26H24N4O4S. The molecule has 1 fully saturated rings. The van der Waals surface area contributed by atoms with Crippen LogP contribution in [0, 0.1) is 0 Å². The quantitative estimate of drug-likeness (QED) is 0.431. The summed E-state index contributed by atoms with van der Waals surface area (Å²) in [7, 11) is -3.50. The number of rotatable bonds is 5. The Morgan fingerprint density at radius 3 is 2.00 bits per heavy atom. The first kappa shape index (κ1) is 22.9. The summed E-state index contributed by atoms with van der Waals surface area (Å²) in [4.78, 5) is 28.2. The van der Waals surface area contributed by atoms with Crippen molar-refractivity contribution in [1.82, 2.24) is 19.0 Å². The Labute approximate surface area is 203 Å². The maximum absolute atomic E-state index is 13.5. The third-order valence-corrected chi connectivity index (χ3v) is 7.97. The molecule has 1 aromatic heterocycles. The third-order valence-electron chi connectivity index (χ3n) is 6.12. The van der Waals surface area contributed by atoms with E-state index in [-0.39, 0.29) is 49.1 Å². The van der Waals surface area contributed by atoms with Gasteiger partial charge in [-0.05, 0) is 23.8 Å². The molecule has 0 N–H and O–H groups in total. The highest BCUT2D eigenvalue weighted by Gasteiger charge is 2.31. The number of sulfonamides is 1. The van der Waals surface area contributed by atoms with E-state index in [1.54, 1.807) is 65.6 Å². The van der Waals surface area contributed by atoms with Crippen LogP contribution in [0.4, 0.5) is 0 Å². The van der Waals surface area contributed by atoms with Crippen LogP contribution in [0.15, 0.2) is 89.7 Å². The Kier molecular flexibility index (Phi) is 6.19. The van der Waals surface area contributed by atoms with Crippen LogP contribution in [0.2, 0.25) is 0 Å². The first-order valence-corrected chi connectivity index (χ1v) is 12.9. The number of nitrogens with zero attached hydrogens (tertiary/aromatic N) is 4. The van der Waals surface area contributed by atoms with E-state index in [1.807, 2.05) is 24.3 Å². The van der Waals surface area contributed by atoms with E-state index in [4.69, 9.17) is 0 Å². The number of carbonyl (C=O) groups excluding carboxylic acids is 1. The van der Waals surface area contributed by atoms with Crippen LogP contribution in [0.3, 0.4) is 0 Å². The number of hydrogen-bond donors (Lipinski definition) is 0. The topological polar surface area (TPSA) is 92.6 Å². The summed E-state index contributed by atoms with van der Waals surface area (Å²) in [5.74, 6) is -0.401. The summed E-state index contributed by atoms with van der Waals surface area (Å²) < 4.78 is 28.5. The predicted molar refractivity (Wildman–Crippen MR) is 134 cm³/mol. The highest BCUT2D eigenvalue weighted by Crippen LogP contribution is 2.19. The minimum Gasteiger partial charge on any atom is -0.335 e. The Morgan fingerprint density at radius 2 is 1.34 bits per heavy atom. The predicted octanol–water partition coefficient (Wildman–Crippen LogP) is 2.67. The molecule has 0 spiro atoms. The normalized spacial score (nSPS) is 14.8. The zero-order valence-electron chi connectivity index (χ0n) is 18.9. The summed E-state index contributed by atoms with van der Waals surface area (Å²) in [5.41, 5.74) is 1.16. The summed E-state index contributed by atoms with van der Waals surface area (Å²) in [6, 6.07) is 24.9. The van der Waals surface area contributed by atoms with E-state index < -0.39 is 10.0 Å². The molecule has 178 valence electrons. The van der Waals surface area contributed by atoms with Crippen molar-refractivity contribution >= 4 is 26.7 Å². The third kappa shape index (κ3) is 4.60. The van der Waals surface area contributed by atoms with E-state index in [2.05, 4.69) is 5.10 Å². The molecule has 1 saturated heterocycles. The standard InChI is InChI=1S/C26H24N4O4S/c31-25-23-14-8-7-13-22(23)24(27-30(25)21-11-5-2-6-12-21)26(32)28-15-17-29(18-16-28)35(33,34)19-20-9-3-1-4-10-20/h1-14H,15-19H2. The van der Waals surface area contributed by atoms with Gasteiger partial charge >= 0.3 is 0 Å². The number of carbonyl (C=O) groups is 1. The number of benzene rings is 3. The van der Waals surface area contributed by atoms with Gasteiger partial charge in [0.05, 0.1) is 16.8 Å². The largest absolute Gasteiger partial charge is 0.335 e. The van der Waals surface area contributed by atoms with Crippen molar-refractivity contribution < 1.29 is 13.2 Å². The molecule has 1 aliphatic rings. The van der Waals surface area contributed by atoms with Gasteiger partial charge in [0, 0.05) is 31.6 Å². The molecule has 0 radical (unpaired) electrons. The smallest absolute Gasteiger partial charge is 0.279 e. The first-order valence-electron chi connectivity index (χ1n) is 11.3. The molecule has 8 nitrogen and oxygen atoms in total. The average Bonchev–Trinajstić information content (AvgIpc) is 2.90. The minimum absolute atomic E-state index is 0.0734. The fourth-order valence-electron chi connectivity index (χ4n) is 4.29. The van der Waals surface area contributed by atoms with Crippen molar-refractivity contribution in [3.8, 4) is 5.69 Å². The Balaban J connectivity index is 1.41. The van der Waals surface area contributed by atoms with E-state index >= 15 is 0 Å². The zero-order chi connectivity index (χ0) is 24.4. The van der Waals surface area contributed by atoms with Crippen LogP contribution in [-0.4, -0.2) is 59.5 Å².